The van der Waals surface area contributed by atoms with Gasteiger partial charge in [-0.2, -0.15) is 0 Å². The molecule has 0 N–H and O–H groups in total. The van der Waals surface area contributed by atoms with Crippen molar-refractivity contribution in [3.05, 3.63) is 35.9 Å². The molecule has 84 valence electrons. The monoisotopic (exact) mass is 205 g/mol. The number of rotatable bonds is 6. The lowest BCUT2D eigenvalue weighted by molar-refractivity contribution is 0.285. The first kappa shape index (κ1) is 12.3. The van der Waals surface area contributed by atoms with Crippen molar-refractivity contribution >= 4 is 0 Å². The van der Waals surface area contributed by atoms with Crippen LogP contribution < -0.4 is 0 Å². The molecule has 1 unspecified atom stereocenters. The smallest absolute Gasteiger partial charge is 0.000714 e. The average Bonchev–Trinajstić information content (AvgIpc) is 2.19. The van der Waals surface area contributed by atoms with E-state index in [-0.39, 0.29) is 0 Å². The highest BCUT2D eigenvalue weighted by molar-refractivity contribution is 5.15. The summed E-state index contributed by atoms with van der Waals surface area (Å²) >= 11 is 0. The zero-order chi connectivity index (χ0) is 11.1. The van der Waals surface area contributed by atoms with E-state index < -0.39 is 0 Å². The zero-order valence-electron chi connectivity index (χ0n) is 10.2. The molecule has 1 nitrogen and oxygen atoms in total. The number of nitrogens with zero attached hydrogens (tertiary/aromatic N) is 1. The van der Waals surface area contributed by atoms with Gasteiger partial charge in [-0.3, -0.25) is 0 Å². The van der Waals surface area contributed by atoms with Crippen LogP contribution in [0, 0.1) is 5.92 Å². The molecule has 0 radical (unpaired) electrons. The van der Waals surface area contributed by atoms with Crippen LogP contribution in [-0.4, -0.2) is 25.0 Å². The molecule has 1 aromatic carbocycles. The normalized spacial score (nSPS) is 13.1. The Labute approximate surface area is 94.1 Å². The first-order chi connectivity index (χ1) is 7.22. The van der Waals surface area contributed by atoms with Crippen LogP contribution in [0.4, 0.5) is 0 Å². The van der Waals surface area contributed by atoms with Gasteiger partial charge in [0.25, 0.3) is 0 Å². The van der Waals surface area contributed by atoms with E-state index in [2.05, 4.69) is 56.1 Å². The minimum Gasteiger partial charge on any atom is -0.306 e. The maximum atomic E-state index is 2.42. The molecule has 0 spiro atoms. The topological polar surface area (TPSA) is 3.24 Å². The molecule has 0 saturated heterocycles. The summed E-state index contributed by atoms with van der Waals surface area (Å²) in [5.74, 6) is 0.740. The fraction of sp³-hybridized carbons (Fsp3) is 0.571. The number of benzene rings is 1. The van der Waals surface area contributed by atoms with Crippen LogP contribution in [0.1, 0.15) is 25.8 Å². The molecule has 0 aromatic heterocycles. The van der Waals surface area contributed by atoms with Gasteiger partial charge in [-0.05, 0) is 37.9 Å². The van der Waals surface area contributed by atoms with Crippen LogP contribution >= 0.6 is 0 Å². The molecule has 1 atom stereocenters. The second kappa shape index (κ2) is 6.62. The van der Waals surface area contributed by atoms with E-state index in [1.165, 1.54) is 31.5 Å². The third kappa shape index (κ3) is 4.98. The largest absolute Gasteiger partial charge is 0.306 e. The Hall–Kier alpha value is -0.820. The van der Waals surface area contributed by atoms with Crippen molar-refractivity contribution in [2.75, 3.05) is 20.1 Å². The quantitative estimate of drug-likeness (QED) is 0.689. The van der Waals surface area contributed by atoms with E-state index in [1.807, 2.05) is 0 Å². The standard InChI is InChI=1S/C14H23N/c1-4-10-15(3)12-13(2)11-14-8-6-5-7-9-14/h5-9,13H,4,10-12H2,1-3H3. The molecule has 0 fully saturated rings. The number of hydrogen-bond donors (Lipinski definition) is 0. The van der Waals surface area contributed by atoms with Gasteiger partial charge in [0, 0.05) is 6.54 Å². The summed E-state index contributed by atoms with van der Waals surface area (Å²) in [7, 11) is 2.21. The van der Waals surface area contributed by atoms with E-state index in [0.717, 1.165) is 5.92 Å². The van der Waals surface area contributed by atoms with Crippen LogP contribution in [0.15, 0.2) is 30.3 Å². The first-order valence-corrected chi connectivity index (χ1v) is 5.94. The fourth-order valence-electron chi connectivity index (χ4n) is 2.09. The van der Waals surface area contributed by atoms with Crippen molar-refractivity contribution < 1.29 is 0 Å². The van der Waals surface area contributed by atoms with Crippen molar-refractivity contribution in [1.82, 2.24) is 4.90 Å². The maximum absolute atomic E-state index is 2.42. The van der Waals surface area contributed by atoms with Gasteiger partial charge < -0.3 is 4.90 Å². The first-order valence-electron chi connectivity index (χ1n) is 5.94. The van der Waals surface area contributed by atoms with E-state index in [1.54, 1.807) is 0 Å². The predicted octanol–water partition coefficient (Wildman–Crippen LogP) is 3.21. The summed E-state index contributed by atoms with van der Waals surface area (Å²) in [6.07, 6.45) is 2.43. The van der Waals surface area contributed by atoms with Gasteiger partial charge in [0.2, 0.25) is 0 Å². The molecule has 15 heavy (non-hydrogen) atoms. The van der Waals surface area contributed by atoms with Gasteiger partial charge in [0.1, 0.15) is 0 Å². The Bertz CT molecular complexity index is 255. The molecule has 0 aliphatic carbocycles. The van der Waals surface area contributed by atoms with Crippen LogP contribution in [0.2, 0.25) is 0 Å². The molecular formula is C14H23N. The third-order valence-corrected chi connectivity index (χ3v) is 2.66. The van der Waals surface area contributed by atoms with Gasteiger partial charge in [-0.15, -0.1) is 0 Å². The molecule has 1 heteroatoms. The summed E-state index contributed by atoms with van der Waals surface area (Å²) in [4.78, 5) is 2.42. The van der Waals surface area contributed by atoms with E-state index in [0.29, 0.717) is 0 Å². The maximum Gasteiger partial charge on any atom is 0.000714 e. The summed E-state index contributed by atoms with van der Waals surface area (Å²) in [6, 6.07) is 10.8. The number of hydrogen-bond acceptors (Lipinski definition) is 1. The van der Waals surface area contributed by atoms with E-state index in [9.17, 15) is 0 Å². The van der Waals surface area contributed by atoms with E-state index in [4.69, 9.17) is 0 Å². The van der Waals surface area contributed by atoms with Gasteiger partial charge in [0.15, 0.2) is 0 Å². The van der Waals surface area contributed by atoms with Gasteiger partial charge in [-0.25, -0.2) is 0 Å². The highest BCUT2D eigenvalue weighted by Gasteiger charge is 2.06. The van der Waals surface area contributed by atoms with Crippen molar-refractivity contribution in [1.29, 1.82) is 0 Å². The van der Waals surface area contributed by atoms with Crippen LogP contribution in [-0.2, 0) is 6.42 Å². The predicted molar refractivity (Wildman–Crippen MR) is 67.1 cm³/mol. The second-order valence-electron chi connectivity index (χ2n) is 4.56. The Morgan fingerprint density at radius 3 is 2.47 bits per heavy atom. The highest BCUT2D eigenvalue weighted by Crippen LogP contribution is 2.09. The lowest BCUT2D eigenvalue weighted by Gasteiger charge is -2.20. The van der Waals surface area contributed by atoms with Gasteiger partial charge in [0.05, 0.1) is 0 Å². The molecule has 1 aromatic rings. The third-order valence-electron chi connectivity index (χ3n) is 2.66. The highest BCUT2D eigenvalue weighted by atomic mass is 15.1. The van der Waals surface area contributed by atoms with Crippen molar-refractivity contribution in [3.8, 4) is 0 Å². The Morgan fingerprint density at radius 2 is 1.87 bits per heavy atom. The minimum atomic E-state index is 0.740. The van der Waals surface area contributed by atoms with Crippen LogP contribution in [0.5, 0.6) is 0 Å². The molecule has 0 amide bonds. The lowest BCUT2D eigenvalue weighted by atomic mass is 10.0. The molecule has 0 aliphatic rings. The van der Waals surface area contributed by atoms with Crippen molar-refractivity contribution in [2.45, 2.75) is 26.7 Å². The molecular weight excluding hydrogens is 182 g/mol. The Kier molecular flexibility index (Phi) is 5.41. The van der Waals surface area contributed by atoms with Crippen molar-refractivity contribution in [3.63, 3.8) is 0 Å². The second-order valence-corrected chi connectivity index (χ2v) is 4.56. The average molecular weight is 205 g/mol. The SMILES string of the molecule is CCCN(C)CC(C)Cc1ccccc1. The molecule has 0 saturated carbocycles. The van der Waals surface area contributed by atoms with Gasteiger partial charge in [-0.1, -0.05) is 44.2 Å². The minimum absolute atomic E-state index is 0.740. The van der Waals surface area contributed by atoms with Gasteiger partial charge >= 0.3 is 0 Å². The van der Waals surface area contributed by atoms with E-state index >= 15 is 0 Å². The van der Waals surface area contributed by atoms with Crippen LogP contribution in [0.25, 0.3) is 0 Å². The Morgan fingerprint density at radius 1 is 1.20 bits per heavy atom. The molecule has 0 aliphatic heterocycles. The summed E-state index contributed by atoms with van der Waals surface area (Å²) < 4.78 is 0. The molecule has 0 bridgehead atoms. The molecule has 1 rings (SSSR count). The molecule has 0 heterocycles. The fourth-order valence-corrected chi connectivity index (χ4v) is 2.09. The zero-order valence-corrected chi connectivity index (χ0v) is 10.2. The Balaban J connectivity index is 2.33. The van der Waals surface area contributed by atoms with Crippen LogP contribution in [0.3, 0.4) is 0 Å². The summed E-state index contributed by atoms with van der Waals surface area (Å²) in [5.41, 5.74) is 1.45. The summed E-state index contributed by atoms with van der Waals surface area (Å²) in [5, 5.41) is 0. The summed E-state index contributed by atoms with van der Waals surface area (Å²) in [6.45, 7) is 6.97. The lowest BCUT2D eigenvalue weighted by Crippen LogP contribution is -2.26. The van der Waals surface area contributed by atoms with Crippen molar-refractivity contribution in [2.24, 2.45) is 5.92 Å².